The first-order valence-electron chi connectivity index (χ1n) is 8.75. The molecule has 0 atom stereocenters. The number of unbranched alkanes of at least 4 members (excludes halogenated alkanes) is 2. The van der Waals surface area contributed by atoms with Gasteiger partial charge in [0.1, 0.15) is 10.7 Å². The SMILES string of the molecule is CCCCCn1c(CN(CC)CC)nc2sc(C)c(C)c2c1=O. The predicted molar refractivity (Wildman–Crippen MR) is 99.5 cm³/mol. The third-order valence-corrected chi connectivity index (χ3v) is 5.71. The molecule has 0 aliphatic heterocycles. The van der Waals surface area contributed by atoms with Crippen molar-refractivity contribution in [1.82, 2.24) is 14.5 Å². The molecule has 0 aliphatic carbocycles. The normalized spacial score (nSPS) is 11.7. The minimum absolute atomic E-state index is 0.148. The molecule has 2 aromatic heterocycles. The summed E-state index contributed by atoms with van der Waals surface area (Å²) in [5, 5.41) is 0.826. The molecule has 0 unspecified atom stereocenters. The van der Waals surface area contributed by atoms with E-state index in [1.807, 2.05) is 11.5 Å². The smallest absolute Gasteiger partial charge is 0.262 e. The van der Waals surface area contributed by atoms with Crippen LogP contribution in [0.1, 0.15) is 56.3 Å². The van der Waals surface area contributed by atoms with Crippen LogP contribution in [-0.4, -0.2) is 27.5 Å². The number of rotatable bonds is 8. The average Bonchev–Trinajstić information content (AvgIpc) is 2.82. The van der Waals surface area contributed by atoms with E-state index in [9.17, 15) is 4.79 Å². The number of hydrogen-bond donors (Lipinski definition) is 0. The van der Waals surface area contributed by atoms with E-state index in [0.717, 1.165) is 67.0 Å². The van der Waals surface area contributed by atoms with E-state index in [1.54, 1.807) is 11.3 Å². The highest BCUT2D eigenvalue weighted by atomic mass is 32.1. The van der Waals surface area contributed by atoms with E-state index < -0.39 is 0 Å². The summed E-state index contributed by atoms with van der Waals surface area (Å²) in [5.74, 6) is 0.920. The summed E-state index contributed by atoms with van der Waals surface area (Å²) >= 11 is 1.64. The minimum Gasteiger partial charge on any atom is -0.297 e. The zero-order chi connectivity index (χ0) is 17.0. The summed E-state index contributed by atoms with van der Waals surface area (Å²) in [4.78, 5) is 22.3. The van der Waals surface area contributed by atoms with Gasteiger partial charge in [-0.3, -0.25) is 14.3 Å². The minimum atomic E-state index is 0.148. The third-order valence-electron chi connectivity index (χ3n) is 4.61. The van der Waals surface area contributed by atoms with Gasteiger partial charge in [-0.1, -0.05) is 33.6 Å². The first kappa shape index (κ1) is 18.1. The number of fused-ring (bicyclic) bond motifs is 1. The Hall–Kier alpha value is -1.20. The summed E-state index contributed by atoms with van der Waals surface area (Å²) in [6, 6.07) is 0. The number of aromatic nitrogens is 2. The highest BCUT2D eigenvalue weighted by molar-refractivity contribution is 7.18. The molecule has 128 valence electrons. The number of nitrogens with zero attached hydrogens (tertiary/aromatic N) is 3. The number of thiophene rings is 1. The second-order valence-corrected chi connectivity index (χ2v) is 7.32. The Morgan fingerprint density at radius 3 is 2.43 bits per heavy atom. The molecule has 0 fully saturated rings. The molecule has 4 nitrogen and oxygen atoms in total. The average molecular weight is 336 g/mol. The van der Waals surface area contributed by atoms with Crippen LogP contribution in [0.3, 0.4) is 0 Å². The molecule has 0 aliphatic rings. The van der Waals surface area contributed by atoms with Gasteiger partial charge in [0.2, 0.25) is 0 Å². The molecule has 5 heteroatoms. The van der Waals surface area contributed by atoms with Gasteiger partial charge in [0.15, 0.2) is 0 Å². The van der Waals surface area contributed by atoms with E-state index in [-0.39, 0.29) is 5.56 Å². The molecule has 0 amide bonds. The fourth-order valence-electron chi connectivity index (χ4n) is 2.89. The molecule has 2 aromatic rings. The maximum absolute atomic E-state index is 13.0. The zero-order valence-corrected chi connectivity index (χ0v) is 15.9. The molecule has 2 rings (SSSR count). The van der Waals surface area contributed by atoms with Crippen molar-refractivity contribution in [3.8, 4) is 0 Å². The van der Waals surface area contributed by atoms with Crippen LogP contribution in [0, 0.1) is 13.8 Å². The molecule has 0 N–H and O–H groups in total. The van der Waals surface area contributed by atoms with Crippen LogP contribution in [-0.2, 0) is 13.1 Å². The standard InChI is InChI=1S/C18H29N3OS/c1-6-9-10-11-21-15(12-20(7-2)8-3)19-17-16(18(21)22)13(4)14(5)23-17/h6-12H2,1-5H3. The van der Waals surface area contributed by atoms with Crippen molar-refractivity contribution in [3.05, 3.63) is 26.6 Å². The third kappa shape index (κ3) is 3.83. The fourth-order valence-corrected chi connectivity index (χ4v) is 3.93. The van der Waals surface area contributed by atoms with E-state index in [2.05, 4.69) is 32.6 Å². The van der Waals surface area contributed by atoms with Crippen molar-refractivity contribution >= 4 is 21.6 Å². The Morgan fingerprint density at radius 2 is 1.83 bits per heavy atom. The van der Waals surface area contributed by atoms with Gasteiger partial charge in [-0.05, 0) is 38.9 Å². The largest absolute Gasteiger partial charge is 0.297 e. The van der Waals surface area contributed by atoms with Gasteiger partial charge in [0, 0.05) is 11.4 Å². The van der Waals surface area contributed by atoms with Gasteiger partial charge in [-0.2, -0.15) is 0 Å². The molecule has 0 saturated carbocycles. The van der Waals surface area contributed by atoms with Gasteiger partial charge < -0.3 is 0 Å². The van der Waals surface area contributed by atoms with Gasteiger partial charge in [-0.25, -0.2) is 4.98 Å². The first-order valence-corrected chi connectivity index (χ1v) is 9.56. The van der Waals surface area contributed by atoms with Crippen LogP contribution in [0.2, 0.25) is 0 Å². The van der Waals surface area contributed by atoms with Gasteiger partial charge >= 0.3 is 0 Å². The van der Waals surface area contributed by atoms with Crippen LogP contribution in [0.25, 0.3) is 10.2 Å². The number of aryl methyl sites for hydroxylation is 2. The van der Waals surface area contributed by atoms with Crippen LogP contribution in [0.4, 0.5) is 0 Å². The molecule has 2 heterocycles. The molecule has 0 bridgehead atoms. The zero-order valence-electron chi connectivity index (χ0n) is 15.1. The van der Waals surface area contributed by atoms with Crippen molar-refractivity contribution < 1.29 is 0 Å². The molecular formula is C18H29N3OS. The lowest BCUT2D eigenvalue weighted by molar-refractivity contribution is 0.281. The lowest BCUT2D eigenvalue weighted by Gasteiger charge is -2.20. The predicted octanol–water partition coefficient (Wildman–Crippen LogP) is 4.11. The molecule has 23 heavy (non-hydrogen) atoms. The lowest BCUT2D eigenvalue weighted by atomic mass is 10.2. The van der Waals surface area contributed by atoms with Crippen LogP contribution in [0.5, 0.6) is 0 Å². The monoisotopic (exact) mass is 335 g/mol. The topological polar surface area (TPSA) is 38.1 Å². The molecule has 0 saturated heterocycles. The summed E-state index contributed by atoms with van der Waals surface area (Å²) in [7, 11) is 0. The second kappa shape index (κ2) is 8.06. The summed E-state index contributed by atoms with van der Waals surface area (Å²) in [6.45, 7) is 14.1. The van der Waals surface area contributed by atoms with E-state index >= 15 is 0 Å². The van der Waals surface area contributed by atoms with Crippen molar-refractivity contribution in [2.45, 2.75) is 67.0 Å². The van der Waals surface area contributed by atoms with Gasteiger partial charge in [0.25, 0.3) is 5.56 Å². The summed E-state index contributed by atoms with van der Waals surface area (Å²) in [5.41, 5.74) is 1.25. The van der Waals surface area contributed by atoms with Crippen molar-refractivity contribution in [1.29, 1.82) is 0 Å². The molecule has 0 spiro atoms. The van der Waals surface area contributed by atoms with Gasteiger partial charge in [-0.15, -0.1) is 11.3 Å². The van der Waals surface area contributed by atoms with Crippen LogP contribution < -0.4 is 5.56 Å². The molecule has 0 radical (unpaired) electrons. The van der Waals surface area contributed by atoms with Crippen LogP contribution in [0.15, 0.2) is 4.79 Å². The lowest BCUT2D eigenvalue weighted by Crippen LogP contribution is -2.31. The quantitative estimate of drug-likeness (QED) is 0.682. The van der Waals surface area contributed by atoms with E-state index in [0.29, 0.717) is 0 Å². The summed E-state index contributed by atoms with van der Waals surface area (Å²) in [6.07, 6.45) is 3.35. The summed E-state index contributed by atoms with van der Waals surface area (Å²) < 4.78 is 1.93. The number of hydrogen-bond acceptors (Lipinski definition) is 4. The van der Waals surface area contributed by atoms with Crippen LogP contribution >= 0.6 is 11.3 Å². The van der Waals surface area contributed by atoms with Crippen molar-refractivity contribution in [2.75, 3.05) is 13.1 Å². The Kier molecular flexibility index (Phi) is 6.36. The first-order chi connectivity index (χ1) is 11.0. The maximum atomic E-state index is 13.0. The van der Waals surface area contributed by atoms with E-state index in [4.69, 9.17) is 4.98 Å². The second-order valence-electron chi connectivity index (χ2n) is 6.12. The Bertz CT molecular complexity index is 713. The van der Waals surface area contributed by atoms with Gasteiger partial charge in [0.05, 0.1) is 11.9 Å². The highest BCUT2D eigenvalue weighted by Crippen LogP contribution is 2.26. The Labute approximate surface area is 143 Å². The Balaban J connectivity index is 2.53. The molecule has 0 aromatic carbocycles. The highest BCUT2D eigenvalue weighted by Gasteiger charge is 2.17. The fraction of sp³-hybridized carbons (Fsp3) is 0.667. The van der Waals surface area contributed by atoms with Crippen molar-refractivity contribution in [2.24, 2.45) is 0 Å². The molecular weight excluding hydrogens is 306 g/mol. The van der Waals surface area contributed by atoms with E-state index in [1.165, 1.54) is 4.88 Å². The maximum Gasteiger partial charge on any atom is 0.262 e. The Morgan fingerprint density at radius 1 is 1.13 bits per heavy atom. The van der Waals surface area contributed by atoms with Crippen molar-refractivity contribution in [3.63, 3.8) is 0 Å².